The lowest BCUT2D eigenvalue weighted by molar-refractivity contribution is 0.0963. The molecule has 0 atom stereocenters. The number of ether oxygens (including phenoxy) is 1. The van der Waals surface area contributed by atoms with Crippen molar-refractivity contribution in [2.45, 2.75) is 12.8 Å². The van der Waals surface area contributed by atoms with Crippen LogP contribution in [0.5, 0.6) is 5.75 Å². The van der Waals surface area contributed by atoms with Crippen molar-refractivity contribution in [2.75, 3.05) is 39.1 Å². The Bertz CT molecular complexity index is 1300. The van der Waals surface area contributed by atoms with Crippen LogP contribution >= 0.6 is 11.3 Å². The topological polar surface area (TPSA) is 92.3 Å². The summed E-state index contributed by atoms with van der Waals surface area (Å²) in [5, 5.41) is 9.65. The number of hydrogen-bond donors (Lipinski definition) is 2. The standard InChI is InChI=1S/C26H28N6O2S/c1-27-24(33)18-3-5-20(6-4-18)30-26-29-15-19-13-21(25-28-9-12-35-25)23(14-22(19)31-26)34-16-17-7-10-32(2)11-8-17/h3-6,9,12-15,17H,7-8,10-11,16H2,1-2H3,(H,27,33)(H,29,30,31). The number of carbonyl (C=O) groups is 1. The van der Waals surface area contributed by atoms with Crippen molar-refractivity contribution < 1.29 is 9.53 Å². The van der Waals surface area contributed by atoms with Crippen molar-refractivity contribution >= 4 is 39.8 Å². The van der Waals surface area contributed by atoms with Crippen LogP contribution in [-0.4, -0.2) is 59.6 Å². The minimum atomic E-state index is -0.123. The molecule has 1 saturated heterocycles. The first-order chi connectivity index (χ1) is 17.1. The van der Waals surface area contributed by atoms with Crippen LogP contribution in [0.3, 0.4) is 0 Å². The van der Waals surface area contributed by atoms with Gasteiger partial charge in [-0.1, -0.05) is 0 Å². The number of nitrogens with zero attached hydrogens (tertiary/aromatic N) is 4. The van der Waals surface area contributed by atoms with Crippen LogP contribution in [0.25, 0.3) is 21.5 Å². The average Bonchev–Trinajstić information content (AvgIpc) is 3.43. The Morgan fingerprint density at radius 2 is 1.97 bits per heavy atom. The van der Waals surface area contributed by atoms with E-state index in [1.54, 1.807) is 36.7 Å². The fourth-order valence-corrected chi connectivity index (χ4v) is 4.84. The van der Waals surface area contributed by atoms with Crippen LogP contribution in [0, 0.1) is 5.92 Å². The number of benzene rings is 2. The minimum Gasteiger partial charge on any atom is -0.492 e. The molecule has 1 aliphatic rings. The molecule has 2 aromatic heterocycles. The molecule has 0 bridgehead atoms. The van der Waals surface area contributed by atoms with E-state index in [-0.39, 0.29) is 5.91 Å². The summed E-state index contributed by atoms with van der Waals surface area (Å²) in [6.07, 6.45) is 5.91. The predicted molar refractivity (Wildman–Crippen MR) is 139 cm³/mol. The summed E-state index contributed by atoms with van der Waals surface area (Å²) < 4.78 is 6.38. The molecule has 8 nitrogen and oxygen atoms in total. The fourth-order valence-electron chi connectivity index (χ4n) is 4.18. The zero-order valence-electron chi connectivity index (χ0n) is 19.8. The third-order valence-corrected chi connectivity index (χ3v) is 7.09. The number of fused-ring (bicyclic) bond motifs is 1. The van der Waals surface area contributed by atoms with Gasteiger partial charge in [-0.15, -0.1) is 11.3 Å². The summed E-state index contributed by atoms with van der Waals surface area (Å²) in [4.78, 5) is 27.9. The third-order valence-electron chi connectivity index (χ3n) is 6.29. The summed E-state index contributed by atoms with van der Waals surface area (Å²) >= 11 is 1.59. The number of aromatic nitrogens is 3. The lowest BCUT2D eigenvalue weighted by atomic mass is 9.98. The van der Waals surface area contributed by atoms with Gasteiger partial charge in [-0.2, -0.15) is 0 Å². The van der Waals surface area contributed by atoms with Gasteiger partial charge in [0.05, 0.1) is 17.7 Å². The van der Waals surface area contributed by atoms with Gasteiger partial charge in [0.25, 0.3) is 5.91 Å². The number of likely N-dealkylation sites (tertiary alicyclic amines) is 1. The molecule has 2 N–H and O–H groups in total. The Hall–Kier alpha value is -3.56. The van der Waals surface area contributed by atoms with Gasteiger partial charge in [0, 0.05) is 47.5 Å². The van der Waals surface area contributed by atoms with E-state index >= 15 is 0 Å². The quantitative estimate of drug-likeness (QED) is 0.393. The van der Waals surface area contributed by atoms with Gasteiger partial charge < -0.3 is 20.3 Å². The second-order valence-electron chi connectivity index (χ2n) is 8.78. The van der Waals surface area contributed by atoms with E-state index in [9.17, 15) is 4.79 Å². The number of hydrogen-bond acceptors (Lipinski definition) is 8. The van der Waals surface area contributed by atoms with Crippen molar-refractivity contribution in [1.82, 2.24) is 25.2 Å². The maximum atomic E-state index is 11.8. The summed E-state index contributed by atoms with van der Waals surface area (Å²) in [5.41, 5.74) is 3.16. The molecule has 9 heteroatoms. The van der Waals surface area contributed by atoms with Crippen molar-refractivity contribution in [3.05, 3.63) is 59.7 Å². The molecule has 1 fully saturated rings. The van der Waals surface area contributed by atoms with Crippen molar-refractivity contribution in [2.24, 2.45) is 5.92 Å². The lowest BCUT2D eigenvalue weighted by Crippen LogP contribution is -2.32. The highest BCUT2D eigenvalue weighted by molar-refractivity contribution is 7.13. The van der Waals surface area contributed by atoms with Gasteiger partial charge in [0.1, 0.15) is 10.8 Å². The van der Waals surface area contributed by atoms with E-state index in [0.717, 1.165) is 58.8 Å². The van der Waals surface area contributed by atoms with Crippen LogP contribution in [0.2, 0.25) is 0 Å². The Morgan fingerprint density at radius 1 is 1.17 bits per heavy atom. The zero-order chi connectivity index (χ0) is 24.2. The Kier molecular flexibility index (Phi) is 6.87. The Morgan fingerprint density at radius 3 is 2.69 bits per heavy atom. The molecule has 4 aromatic rings. The number of amides is 1. The second-order valence-corrected chi connectivity index (χ2v) is 9.67. The molecule has 1 amide bonds. The van der Waals surface area contributed by atoms with E-state index in [2.05, 4.69) is 38.6 Å². The van der Waals surface area contributed by atoms with E-state index < -0.39 is 0 Å². The van der Waals surface area contributed by atoms with E-state index in [1.807, 2.05) is 29.8 Å². The molecular weight excluding hydrogens is 460 g/mol. The molecule has 3 heterocycles. The SMILES string of the molecule is CNC(=O)c1ccc(Nc2ncc3cc(-c4nccs4)c(OCC4CCN(C)CC4)cc3n2)cc1. The normalized spacial score (nSPS) is 14.7. The smallest absolute Gasteiger partial charge is 0.251 e. The number of nitrogens with one attached hydrogen (secondary N) is 2. The number of piperidine rings is 1. The maximum absolute atomic E-state index is 11.8. The fraction of sp³-hybridized carbons (Fsp3) is 0.308. The third kappa shape index (κ3) is 5.41. The van der Waals surface area contributed by atoms with Gasteiger partial charge >= 0.3 is 0 Å². The number of carbonyl (C=O) groups excluding carboxylic acids is 1. The van der Waals surface area contributed by atoms with E-state index in [0.29, 0.717) is 24.0 Å². The molecule has 180 valence electrons. The molecule has 5 rings (SSSR count). The van der Waals surface area contributed by atoms with Gasteiger partial charge in [-0.25, -0.2) is 15.0 Å². The maximum Gasteiger partial charge on any atom is 0.251 e. The predicted octanol–water partition coefficient (Wildman–Crippen LogP) is 4.58. The van der Waals surface area contributed by atoms with Crippen molar-refractivity contribution in [3.63, 3.8) is 0 Å². The summed E-state index contributed by atoms with van der Waals surface area (Å²) in [5.74, 6) is 1.70. The van der Waals surface area contributed by atoms with Crippen LogP contribution in [0.1, 0.15) is 23.2 Å². The van der Waals surface area contributed by atoms with Gasteiger partial charge in [0.15, 0.2) is 0 Å². The monoisotopic (exact) mass is 488 g/mol. The molecule has 0 spiro atoms. The highest BCUT2D eigenvalue weighted by atomic mass is 32.1. The van der Waals surface area contributed by atoms with Gasteiger partial charge in [-0.3, -0.25) is 4.79 Å². The van der Waals surface area contributed by atoms with E-state index in [1.165, 1.54) is 0 Å². The highest BCUT2D eigenvalue weighted by Gasteiger charge is 2.19. The first-order valence-corrected chi connectivity index (χ1v) is 12.6. The van der Waals surface area contributed by atoms with Crippen molar-refractivity contribution in [1.29, 1.82) is 0 Å². The number of thiazole rings is 1. The highest BCUT2D eigenvalue weighted by Crippen LogP contribution is 2.36. The summed E-state index contributed by atoms with van der Waals surface area (Å²) in [6.45, 7) is 2.90. The summed E-state index contributed by atoms with van der Waals surface area (Å²) in [6, 6.07) is 11.2. The average molecular weight is 489 g/mol. The summed E-state index contributed by atoms with van der Waals surface area (Å²) in [7, 11) is 3.78. The second kappa shape index (κ2) is 10.4. The zero-order valence-corrected chi connectivity index (χ0v) is 20.6. The van der Waals surface area contributed by atoms with E-state index in [4.69, 9.17) is 9.72 Å². The lowest BCUT2D eigenvalue weighted by Gasteiger charge is -2.29. The molecule has 1 aliphatic heterocycles. The van der Waals surface area contributed by atoms with Gasteiger partial charge in [0.2, 0.25) is 5.95 Å². The molecule has 0 radical (unpaired) electrons. The first-order valence-electron chi connectivity index (χ1n) is 11.7. The van der Waals surface area contributed by atoms with Crippen molar-refractivity contribution in [3.8, 4) is 16.3 Å². The van der Waals surface area contributed by atoms with Crippen LogP contribution < -0.4 is 15.4 Å². The molecule has 0 saturated carbocycles. The van der Waals surface area contributed by atoms with Crippen LogP contribution in [-0.2, 0) is 0 Å². The van der Waals surface area contributed by atoms with Crippen LogP contribution in [0.4, 0.5) is 11.6 Å². The molecule has 2 aromatic carbocycles. The molecular formula is C26H28N6O2S. The Balaban J connectivity index is 1.40. The largest absolute Gasteiger partial charge is 0.492 e. The Labute approximate surface area is 208 Å². The molecule has 0 aliphatic carbocycles. The minimum absolute atomic E-state index is 0.123. The van der Waals surface area contributed by atoms with Gasteiger partial charge in [-0.05, 0) is 69.2 Å². The number of rotatable bonds is 7. The van der Waals surface area contributed by atoms with Crippen LogP contribution in [0.15, 0.2) is 54.2 Å². The first kappa shape index (κ1) is 23.2. The molecule has 35 heavy (non-hydrogen) atoms. The number of anilines is 2. The molecule has 0 unspecified atom stereocenters.